The molecule has 2 heterocycles. The van der Waals surface area contributed by atoms with E-state index < -0.39 is 0 Å². The fourth-order valence-electron chi connectivity index (χ4n) is 6.67. The summed E-state index contributed by atoms with van der Waals surface area (Å²) in [5.74, 6) is 0. The molecule has 2 heteroatoms. The third kappa shape index (κ3) is 3.33. The summed E-state index contributed by atoms with van der Waals surface area (Å²) >= 11 is 0. The summed E-state index contributed by atoms with van der Waals surface area (Å²) in [6, 6.07) is 49.7. The lowest BCUT2D eigenvalue weighted by Crippen LogP contribution is -1.91. The van der Waals surface area contributed by atoms with Crippen LogP contribution in [0.25, 0.3) is 87.8 Å². The minimum Gasteiger partial charge on any atom is -0.460 e. The minimum atomic E-state index is 0.790. The van der Waals surface area contributed by atoms with Gasteiger partial charge in [0.2, 0.25) is 0 Å². The second-order valence-corrected chi connectivity index (χ2v) is 10.9. The van der Waals surface area contributed by atoms with Crippen molar-refractivity contribution in [2.24, 2.45) is 0 Å². The molecule has 9 rings (SSSR count). The third-order valence-electron chi connectivity index (χ3n) is 8.57. The summed E-state index contributed by atoms with van der Waals surface area (Å²) in [7, 11) is 0. The molecule has 0 atom stereocenters. The van der Waals surface area contributed by atoms with Crippen LogP contribution in [0.4, 0.5) is 0 Å². The predicted molar refractivity (Wildman–Crippen MR) is 175 cm³/mol. The van der Waals surface area contributed by atoms with E-state index >= 15 is 0 Å². The smallest absolute Gasteiger partial charge is 0.178 e. The number of fused-ring (bicyclic) bond motifs is 7. The predicted octanol–water partition coefficient (Wildman–Crippen LogP) is 11.6. The quantitative estimate of drug-likeness (QED) is 0.210. The second kappa shape index (κ2) is 8.95. The van der Waals surface area contributed by atoms with Gasteiger partial charge < -0.3 is 8.83 Å². The first-order valence-electron chi connectivity index (χ1n) is 14.3. The maximum absolute atomic E-state index is 6.68. The topological polar surface area (TPSA) is 26.3 Å². The number of rotatable bonds is 3. The Morgan fingerprint density at radius 2 is 0.905 bits per heavy atom. The zero-order valence-electron chi connectivity index (χ0n) is 22.7. The molecule has 0 radical (unpaired) electrons. The SMILES string of the molecule is c1ccc(-c2ccc(-c3c4ccccc4c(-c4cccc5c4oc4c5ccc5ccoc54)c4ccccc34)cc2)cc1. The molecule has 196 valence electrons. The van der Waals surface area contributed by atoms with Crippen molar-refractivity contribution in [1.29, 1.82) is 0 Å². The molecular formula is C40H24O2. The fourth-order valence-corrected chi connectivity index (χ4v) is 6.67. The molecule has 2 aromatic heterocycles. The van der Waals surface area contributed by atoms with Gasteiger partial charge in [-0.2, -0.15) is 0 Å². The molecule has 0 bridgehead atoms. The molecule has 0 aliphatic heterocycles. The van der Waals surface area contributed by atoms with E-state index in [-0.39, 0.29) is 0 Å². The van der Waals surface area contributed by atoms with Gasteiger partial charge in [0.1, 0.15) is 5.58 Å². The monoisotopic (exact) mass is 536 g/mol. The summed E-state index contributed by atoms with van der Waals surface area (Å²) in [4.78, 5) is 0. The summed E-state index contributed by atoms with van der Waals surface area (Å²) in [5, 5.41) is 8.05. The van der Waals surface area contributed by atoms with Crippen LogP contribution in [0, 0.1) is 0 Å². The van der Waals surface area contributed by atoms with Crippen molar-refractivity contribution in [3.8, 4) is 33.4 Å². The van der Waals surface area contributed by atoms with Crippen LogP contribution in [0.3, 0.4) is 0 Å². The van der Waals surface area contributed by atoms with E-state index in [9.17, 15) is 0 Å². The molecule has 0 aliphatic rings. The highest BCUT2D eigenvalue weighted by atomic mass is 16.4. The van der Waals surface area contributed by atoms with Gasteiger partial charge in [0.05, 0.1) is 6.26 Å². The summed E-state index contributed by atoms with van der Waals surface area (Å²) < 4.78 is 12.5. The van der Waals surface area contributed by atoms with Gasteiger partial charge in [0.15, 0.2) is 11.2 Å². The van der Waals surface area contributed by atoms with Gasteiger partial charge >= 0.3 is 0 Å². The van der Waals surface area contributed by atoms with Crippen LogP contribution in [0.5, 0.6) is 0 Å². The van der Waals surface area contributed by atoms with Crippen molar-refractivity contribution < 1.29 is 8.83 Å². The first-order chi connectivity index (χ1) is 20.8. The van der Waals surface area contributed by atoms with Gasteiger partial charge in [-0.1, -0.05) is 127 Å². The molecule has 0 amide bonds. The van der Waals surface area contributed by atoms with Crippen molar-refractivity contribution in [2.45, 2.75) is 0 Å². The third-order valence-corrected chi connectivity index (χ3v) is 8.57. The fraction of sp³-hybridized carbons (Fsp3) is 0. The Balaban J connectivity index is 1.35. The lowest BCUT2D eigenvalue weighted by molar-refractivity contribution is 0.600. The maximum atomic E-state index is 6.68. The molecular weight excluding hydrogens is 512 g/mol. The van der Waals surface area contributed by atoms with Crippen molar-refractivity contribution in [3.63, 3.8) is 0 Å². The lowest BCUT2D eigenvalue weighted by Gasteiger charge is -2.18. The normalized spacial score (nSPS) is 11.8. The Hall–Kier alpha value is -5.60. The zero-order valence-corrected chi connectivity index (χ0v) is 22.7. The lowest BCUT2D eigenvalue weighted by atomic mass is 9.85. The Morgan fingerprint density at radius 1 is 0.333 bits per heavy atom. The van der Waals surface area contributed by atoms with Crippen LogP contribution < -0.4 is 0 Å². The number of benzene rings is 7. The van der Waals surface area contributed by atoms with Crippen LogP contribution in [0.1, 0.15) is 0 Å². The number of para-hydroxylation sites is 1. The molecule has 0 saturated carbocycles. The van der Waals surface area contributed by atoms with Crippen LogP contribution in [0.2, 0.25) is 0 Å². The Labute approximate surface area is 242 Å². The van der Waals surface area contributed by atoms with Crippen LogP contribution in [-0.2, 0) is 0 Å². The first-order valence-corrected chi connectivity index (χ1v) is 14.3. The molecule has 0 N–H and O–H groups in total. The summed E-state index contributed by atoms with van der Waals surface area (Å²) in [6.07, 6.45) is 1.73. The molecule has 0 fully saturated rings. The van der Waals surface area contributed by atoms with Crippen LogP contribution in [-0.4, -0.2) is 0 Å². The molecule has 0 saturated heterocycles. The number of furan rings is 2. The van der Waals surface area contributed by atoms with E-state index in [4.69, 9.17) is 8.83 Å². The van der Waals surface area contributed by atoms with E-state index in [1.54, 1.807) is 6.26 Å². The molecule has 9 aromatic rings. The number of hydrogen-bond donors (Lipinski definition) is 0. The van der Waals surface area contributed by atoms with Crippen molar-refractivity contribution in [2.75, 3.05) is 0 Å². The Kier molecular flexibility index (Phi) is 4.93. The highest BCUT2D eigenvalue weighted by molar-refractivity contribution is 6.25. The Bertz CT molecular complexity index is 2380. The minimum absolute atomic E-state index is 0.790. The van der Waals surface area contributed by atoms with Gasteiger partial charge in [-0.05, 0) is 55.9 Å². The largest absolute Gasteiger partial charge is 0.460 e. The van der Waals surface area contributed by atoms with Gasteiger partial charge in [0, 0.05) is 27.3 Å². The van der Waals surface area contributed by atoms with Gasteiger partial charge in [-0.25, -0.2) is 0 Å². The summed E-state index contributed by atoms with van der Waals surface area (Å²) in [5.41, 5.74) is 9.63. The second-order valence-electron chi connectivity index (χ2n) is 10.9. The van der Waals surface area contributed by atoms with Crippen molar-refractivity contribution in [3.05, 3.63) is 146 Å². The molecule has 42 heavy (non-hydrogen) atoms. The van der Waals surface area contributed by atoms with Crippen LogP contribution >= 0.6 is 0 Å². The average Bonchev–Trinajstić information content (AvgIpc) is 3.69. The van der Waals surface area contributed by atoms with Crippen LogP contribution in [0.15, 0.2) is 155 Å². The van der Waals surface area contributed by atoms with E-state index in [1.807, 2.05) is 6.07 Å². The molecule has 0 unspecified atom stereocenters. The molecule has 0 spiro atoms. The highest BCUT2D eigenvalue weighted by Gasteiger charge is 2.21. The van der Waals surface area contributed by atoms with E-state index in [1.165, 1.54) is 49.4 Å². The van der Waals surface area contributed by atoms with E-state index in [0.29, 0.717) is 0 Å². The standard InChI is InChI=1S/C40H24O2/c1-2-9-25(10-3-1)26-17-19-27(20-18-26)36-29-11-4-6-13-31(29)37(32-14-7-5-12-30(32)36)35-16-8-15-33-34-22-21-28-23-24-41-38(28)40(34)42-39(33)35/h1-24H. The van der Waals surface area contributed by atoms with Crippen molar-refractivity contribution in [1.82, 2.24) is 0 Å². The summed E-state index contributed by atoms with van der Waals surface area (Å²) in [6.45, 7) is 0. The van der Waals surface area contributed by atoms with Gasteiger partial charge in [-0.15, -0.1) is 0 Å². The first kappa shape index (κ1) is 23.1. The molecule has 7 aromatic carbocycles. The molecule has 0 aliphatic carbocycles. The number of hydrogen-bond acceptors (Lipinski definition) is 2. The van der Waals surface area contributed by atoms with Gasteiger partial charge in [0.25, 0.3) is 0 Å². The van der Waals surface area contributed by atoms with Gasteiger partial charge in [-0.3, -0.25) is 0 Å². The average molecular weight is 537 g/mol. The van der Waals surface area contributed by atoms with E-state index in [2.05, 4.69) is 133 Å². The molecule has 2 nitrogen and oxygen atoms in total. The van der Waals surface area contributed by atoms with E-state index in [0.717, 1.165) is 38.5 Å². The highest BCUT2D eigenvalue weighted by Crippen LogP contribution is 2.47. The Morgan fingerprint density at radius 3 is 1.62 bits per heavy atom. The maximum Gasteiger partial charge on any atom is 0.178 e. The zero-order chi connectivity index (χ0) is 27.6. The van der Waals surface area contributed by atoms with Crippen molar-refractivity contribution >= 4 is 54.5 Å².